The second kappa shape index (κ2) is 11.6. The number of nitrogens with one attached hydrogen (secondary N) is 1. The zero-order chi connectivity index (χ0) is 26.5. The van der Waals surface area contributed by atoms with Crippen LogP contribution in [0.3, 0.4) is 0 Å². The number of hydrogen-bond acceptors (Lipinski definition) is 5. The average molecular weight is 530 g/mol. The van der Waals surface area contributed by atoms with E-state index in [1.165, 1.54) is 17.8 Å². The molecule has 1 aliphatic heterocycles. The van der Waals surface area contributed by atoms with Gasteiger partial charge in [0.25, 0.3) is 5.91 Å². The van der Waals surface area contributed by atoms with Gasteiger partial charge < -0.3 is 14.8 Å². The third-order valence-corrected chi connectivity index (χ3v) is 7.67. The summed E-state index contributed by atoms with van der Waals surface area (Å²) in [4.78, 5) is 27.1. The molecule has 1 aromatic heterocycles. The van der Waals surface area contributed by atoms with E-state index in [-0.39, 0.29) is 17.6 Å². The number of aromatic nitrogens is 3. The SMILES string of the molecule is Cn1c(SCc2ccccc2F)nnc1[C@@H](Cc1ccccc1)NC(=O)c1ccc(N2CCCC2=O)cc1. The van der Waals surface area contributed by atoms with E-state index in [4.69, 9.17) is 0 Å². The maximum absolute atomic E-state index is 14.1. The molecular weight excluding hydrogens is 501 g/mol. The molecule has 0 aliphatic carbocycles. The Morgan fingerprint density at radius 2 is 1.76 bits per heavy atom. The molecule has 1 N–H and O–H groups in total. The maximum atomic E-state index is 14.1. The van der Waals surface area contributed by atoms with Gasteiger partial charge in [-0.1, -0.05) is 60.3 Å². The van der Waals surface area contributed by atoms with Crippen molar-refractivity contribution < 1.29 is 14.0 Å². The van der Waals surface area contributed by atoms with Gasteiger partial charge in [-0.25, -0.2) is 4.39 Å². The van der Waals surface area contributed by atoms with E-state index >= 15 is 0 Å². The third-order valence-electron chi connectivity index (χ3n) is 6.60. The van der Waals surface area contributed by atoms with E-state index in [0.717, 1.165) is 17.7 Å². The highest BCUT2D eigenvalue weighted by atomic mass is 32.2. The van der Waals surface area contributed by atoms with E-state index in [9.17, 15) is 14.0 Å². The van der Waals surface area contributed by atoms with Crippen LogP contribution >= 0.6 is 11.8 Å². The highest BCUT2D eigenvalue weighted by molar-refractivity contribution is 7.98. The molecule has 1 saturated heterocycles. The second-order valence-electron chi connectivity index (χ2n) is 9.19. The van der Waals surface area contributed by atoms with Gasteiger partial charge in [0, 0.05) is 37.0 Å². The molecule has 7 nitrogen and oxygen atoms in total. The van der Waals surface area contributed by atoms with Crippen LogP contribution in [0.1, 0.15) is 46.2 Å². The fourth-order valence-corrected chi connectivity index (χ4v) is 5.43. The molecule has 194 valence electrons. The minimum absolute atomic E-state index is 0.107. The lowest BCUT2D eigenvalue weighted by Crippen LogP contribution is -2.32. The van der Waals surface area contributed by atoms with Crippen molar-refractivity contribution in [2.45, 2.75) is 36.2 Å². The quantitative estimate of drug-likeness (QED) is 0.306. The van der Waals surface area contributed by atoms with Gasteiger partial charge in [0.05, 0.1) is 6.04 Å². The summed E-state index contributed by atoms with van der Waals surface area (Å²) in [6, 6.07) is 23.2. The van der Waals surface area contributed by atoms with Crippen LogP contribution in [0.4, 0.5) is 10.1 Å². The maximum Gasteiger partial charge on any atom is 0.251 e. The van der Waals surface area contributed by atoms with Gasteiger partial charge >= 0.3 is 0 Å². The summed E-state index contributed by atoms with van der Waals surface area (Å²) in [5.74, 6) is 0.638. The molecule has 0 saturated carbocycles. The van der Waals surface area contributed by atoms with Crippen molar-refractivity contribution in [3.05, 3.63) is 107 Å². The molecule has 0 bridgehead atoms. The van der Waals surface area contributed by atoms with Crippen molar-refractivity contribution in [3.8, 4) is 0 Å². The van der Waals surface area contributed by atoms with Crippen molar-refractivity contribution >= 4 is 29.3 Å². The van der Waals surface area contributed by atoms with Crippen LogP contribution in [0.15, 0.2) is 84.0 Å². The molecule has 38 heavy (non-hydrogen) atoms. The summed E-state index contributed by atoms with van der Waals surface area (Å²) >= 11 is 1.39. The number of rotatable bonds is 9. The molecule has 5 rings (SSSR count). The lowest BCUT2D eigenvalue weighted by Gasteiger charge is -2.19. The number of hydrogen-bond donors (Lipinski definition) is 1. The van der Waals surface area contributed by atoms with Gasteiger partial charge in [-0.15, -0.1) is 10.2 Å². The molecule has 0 spiro atoms. The van der Waals surface area contributed by atoms with Gasteiger partial charge in [-0.2, -0.15) is 0 Å². The fraction of sp³-hybridized carbons (Fsp3) is 0.241. The van der Waals surface area contributed by atoms with Crippen LogP contribution in [0, 0.1) is 5.82 Å². The molecule has 2 amide bonds. The molecule has 0 unspecified atom stereocenters. The smallest absolute Gasteiger partial charge is 0.251 e. The van der Waals surface area contributed by atoms with Crippen LogP contribution in [0.2, 0.25) is 0 Å². The largest absolute Gasteiger partial charge is 0.342 e. The Kier molecular flexibility index (Phi) is 7.83. The topological polar surface area (TPSA) is 80.1 Å². The minimum Gasteiger partial charge on any atom is -0.342 e. The highest BCUT2D eigenvalue weighted by Gasteiger charge is 2.24. The first-order valence-corrected chi connectivity index (χ1v) is 13.5. The Morgan fingerprint density at radius 3 is 2.47 bits per heavy atom. The number of amides is 2. The Hall–Kier alpha value is -3.98. The Balaban J connectivity index is 1.34. The van der Waals surface area contributed by atoms with Crippen molar-refractivity contribution in [2.24, 2.45) is 7.05 Å². The number of carbonyl (C=O) groups excluding carboxylic acids is 2. The molecule has 1 fully saturated rings. The van der Waals surface area contributed by atoms with Crippen LogP contribution in [0.5, 0.6) is 0 Å². The van der Waals surface area contributed by atoms with Crippen molar-refractivity contribution in [1.82, 2.24) is 20.1 Å². The number of benzene rings is 3. The minimum atomic E-state index is -0.440. The second-order valence-corrected chi connectivity index (χ2v) is 10.1. The van der Waals surface area contributed by atoms with Crippen molar-refractivity contribution in [1.29, 1.82) is 0 Å². The Morgan fingerprint density at radius 1 is 1.03 bits per heavy atom. The molecule has 1 atom stereocenters. The number of thioether (sulfide) groups is 1. The summed E-state index contributed by atoms with van der Waals surface area (Å²) < 4.78 is 15.9. The molecule has 0 radical (unpaired) electrons. The van der Waals surface area contributed by atoms with E-state index < -0.39 is 6.04 Å². The van der Waals surface area contributed by atoms with Crippen LogP contribution < -0.4 is 10.2 Å². The molecule has 4 aromatic rings. The van der Waals surface area contributed by atoms with Crippen molar-refractivity contribution in [3.63, 3.8) is 0 Å². The van der Waals surface area contributed by atoms with Crippen molar-refractivity contribution in [2.75, 3.05) is 11.4 Å². The van der Waals surface area contributed by atoms with Gasteiger partial charge in [0.2, 0.25) is 5.91 Å². The number of carbonyl (C=O) groups is 2. The Bertz CT molecular complexity index is 1420. The zero-order valence-corrected chi connectivity index (χ0v) is 21.8. The molecular formula is C29H28FN5O2S. The van der Waals surface area contributed by atoms with Gasteiger partial charge in [-0.3, -0.25) is 9.59 Å². The monoisotopic (exact) mass is 529 g/mol. The third kappa shape index (κ3) is 5.78. The summed E-state index contributed by atoms with van der Waals surface area (Å²) in [6.45, 7) is 0.701. The standard InChI is InChI=1S/C29H28FN5O2S/c1-34-27(32-33-29(34)38-19-22-10-5-6-11-24(22)30)25(18-20-8-3-2-4-9-20)31-28(37)21-13-15-23(16-14-21)35-17-7-12-26(35)36/h2-6,8-11,13-16,25H,7,12,17-19H2,1H3,(H,31,37)/t25-/m1/s1. The van der Waals surface area contributed by atoms with E-state index in [1.807, 2.05) is 60.1 Å². The molecule has 1 aliphatic rings. The first-order valence-electron chi connectivity index (χ1n) is 12.5. The first kappa shape index (κ1) is 25.7. The van der Waals surface area contributed by atoms with Crippen LogP contribution in [0.25, 0.3) is 0 Å². The van der Waals surface area contributed by atoms with Gasteiger partial charge in [-0.05, 0) is 54.3 Å². The summed E-state index contributed by atoms with van der Waals surface area (Å²) in [5.41, 5.74) is 2.93. The summed E-state index contributed by atoms with van der Waals surface area (Å²) in [5, 5.41) is 12.5. The predicted octanol–water partition coefficient (Wildman–Crippen LogP) is 5.09. The highest BCUT2D eigenvalue weighted by Crippen LogP contribution is 2.26. The van der Waals surface area contributed by atoms with Crippen LogP contribution in [-0.2, 0) is 24.0 Å². The lowest BCUT2D eigenvalue weighted by molar-refractivity contribution is -0.117. The van der Waals surface area contributed by atoms with Gasteiger partial charge in [0.15, 0.2) is 11.0 Å². The van der Waals surface area contributed by atoms with E-state index in [0.29, 0.717) is 47.2 Å². The fourth-order valence-electron chi connectivity index (χ4n) is 4.53. The number of nitrogens with zero attached hydrogens (tertiary/aromatic N) is 4. The van der Waals surface area contributed by atoms with E-state index in [2.05, 4.69) is 15.5 Å². The summed E-state index contributed by atoms with van der Waals surface area (Å²) in [6.07, 6.45) is 1.93. The average Bonchev–Trinajstić information content (AvgIpc) is 3.53. The molecule has 9 heteroatoms. The number of halogens is 1. The molecule has 3 aromatic carbocycles. The van der Waals surface area contributed by atoms with Crippen LogP contribution in [-0.4, -0.2) is 33.1 Å². The normalized spacial score (nSPS) is 14.1. The molecule has 2 heterocycles. The van der Waals surface area contributed by atoms with Gasteiger partial charge in [0.1, 0.15) is 5.82 Å². The first-order chi connectivity index (χ1) is 18.5. The lowest BCUT2D eigenvalue weighted by atomic mass is 10.0. The number of anilines is 1. The zero-order valence-electron chi connectivity index (χ0n) is 21.0. The van der Waals surface area contributed by atoms with E-state index in [1.54, 1.807) is 29.2 Å². The Labute approximate surface area is 225 Å². The predicted molar refractivity (Wildman–Crippen MR) is 145 cm³/mol. The summed E-state index contributed by atoms with van der Waals surface area (Å²) in [7, 11) is 1.85.